The van der Waals surface area contributed by atoms with E-state index < -0.39 is 0 Å². The minimum atomic E-state index is 0.164. The molecular formula is C25H46OS. The van der Waals surface area contributed by atoms with Gasteiger partial charge in [-0.05, 0) is 42.8 Å². The third kappa shape index (κ3) is 10.2. The highest BCUT2D eigenvalue weighted by atomic mass is 32.2. The summed E-state index contributed by atoms with van der Waals surface area (Å²) < 4.78 is 0. The van der Waals surface area contributed by atoms with Crippen LogP contribution >= 0.6 is 11.8 Å². The summed E-state index contributed by atoms with van der Waals surface area (Å²) in [7, 11) is 0. The van der Waals surface area contributed by atoms with E-state index in [-0.39, 0.29) is 10.7 Å². The number of hydrogen-bond acceptors (Lipinski definition) is 2. The molecule has 1 nitrogen and oxygen atoms in total. The number of rotatable bonds is 15. The van der Waals surface area contributed by atoms with Gasteiger partial charge in [0.05, 0.1) is 5.25 Å². The van der Waals surface area contributed by atoms with E-state index in [0.29, 0.717) is 17.6 Å². The first-order valence-corrected chi connectivity index (χ1v) is 12.7. The van der Waals surface area contributed by atoms with Crippen LogP contribution in [0.25, 0.3) is 0 Å². The van der Waals surface area contributed by atoms with Crippen LogP contribution in [-0.4, -0.2) is 16.8 Å². The quantitative estimate of drug-likeness (QED) is 0.205. The maximum atomic E-state index is 12.7. The van der Waals surface area contributed by atoms with Crippen molar-refractivity contribution in [3.8, 4) is 0 Å². The summed E-state index contributed by atoms with van der Waals surface area (Å²) in [6, 6.07) is 0. The Bertz CT molecular complexity index is 426. The largest absolute Gasteiger partial charge is 0.298 e. The van der Waals surface area contributed by atoms with Gasteiger partial charge in [0.15, 0.2) is 0 Å². The lowest BCUT2D eigenvalue weighted by Gasteiger charge is -2.40. The third-order valence-electron chi connectivity index (χ3n) is 6.46. The van der Waals surface area contributed by atoms with Crippen molar-refractivity contribution in [1.29, 1.82) is 0 Å². The van der Waals surface area contributed by atoms with Crippen LogP contribution in [0.3, 0.4) is 0 Å². The highest BCUT2D eigenvalue weighted by Crippen LogP contribution is 2.43. The molecule has 3 atom stereocenters. The van der Waals surface area contributed by atoms with Crippen molar-refractivity contribution in [2.75, 3.05) is 5.75 Å². The van der Waals surface area contributed by atoms with Crippen molar-refractivity contribution < 1.29 is 4.79 Å². The Labute approximate surface area is 174 Å². The van der Waals surface area contributed by atoms with Crippen LogP contribution in [0.2, 0.25) is 0 Å². The lowest BCUT2D eigenvalue weighted by molar-refractivity contribution is -0.120. The second kappa shape index (κ2) is 13.9. The van der Waals surface area contributed by atoms with Crippen LogP contribution in [0.5, 0.6) is 0 Å². The van der Waals surface area contributed by atoms with Gasteiger partial charge in [-0.1, -0.05) is 97.6 Å². The third-order valence-corrected chi connectivity index (χ3v) is 7.75. The molecule has 1 aliphatic carbocycles. The molecule has 1 rings (SSSR count). The van der Waals surface area contributed by atoms with Gasteiger partial charge in [0.2, 0.25) is 0 Å². The van der Waals surface area contributed by atoms with E-state index in [4.69, 9.17) is 0 Å². The molecule has 0 amide bonds. The molecule has 0 aliphatic heterocycles. The van der Waals surface area contributed by atoms with Gasteiger partial charge in [-0.3, -0.25) is 4.79 Å². The Balaban J connectivity index is 2.08. The molecule has 0 saturated heterocycles. The van der Waals surface area contributed by atoms with Crippen LogP contribution in [0.15, 0.2) is 12.2 Å². The fourth-order valence-electron chi connectivity index (χ4n) is 4.37. The highest BCUT2D eigenvalue weighted by molar-refractivity contribution is 8.00. The van der Waals surface area contributed by atoms with E-state index in [1.165, 1.54) is 64.2 Å². The van der Waals surface area contributed by atoms with E-state index in [1.807, 2.05) is 11.8 Å². The summed E-state index contributed by atoms with van der Waals surface area (Å²) in [5.41, 5.74) is 0.255. The predicted molar refractivity (Wildman–Crippen MR) is 124 cm³/mol. The van der Waals surface area contributed by atoms with E-state index in [9.17, 15) is 4.79 Å². The van der Waals surface area contributed by atoms with Crippen molar-refractivity contribution in [2.45, 2.75) is 117 Å². The second-order valence-corrected chi connectivity index (χ2v) is 10.9. The summed E-state index contributed by atoms with van der Waals surface area (Å²) in [5.74, 6) is 2.63. The van der Waals surface area contributed by atoms with Crippen molar-refractivity contribution in [3.05, 3.63) is 12.2 Å². The first-order chi connectivity index (χ1) is 12.9. The number of unbranched alkanes of at least 4 members (excludes halogenated alkanes) is 9. The second-order valence-electron chi connectivity index (χ2n) is 9.45. The minimum absolute atomic E-state index is 0.164. The van der Waals surface area contributed by atoms with Gasteiger partial charge < -0.3 is 0 Å². The van der Waals surface area contributed by atoms with Gasteiger partial charge in [0.25, 0.3) is 0 Å². The molecule has 2 heteroatoms. The number of hydrogen-bond donors (Lipinski definition) is 0. The number of carbonyl (C=O) groups excluding carboxylic acids is 1. The molecule has 0 aromatic rings. The number of thioether (sulfide) groups is 1. The number of allylic oxidation sites excluding steroid dienone is 2. The Hall–Kier alpha value is -0.240. The van der Waals surface area contributed by atoms with Gasteiger partial charge in [-0.2, -0.15) is 11.8 Å². The molecule has 0 aromatic carbocycles. The van der Waals surface area contributed by atoms with Gasteiger partial charge >= 0.3 is 0 Å². The van der Waals surface area contributed by atoms with Crippen LogP contribution in [0.4, 0.5) is 0 Å². The first-order valence-electron chi connectivity index (χ1n) is 11.7. The van der Waals surface area contributed by atoms with Gasteiger partial charge in [0, 0.05) is 6.42 Å². The van der Waals surface area contributed by atoms with Gasteiger partial charge in [0.1, 0.15) is 5.78 Å². The molecule has 2 unspecified atom stereocenters. The Morgan fingerprint density at radius 3 is 2.15 bits per heavy atom. The molecule has 158 valence electrons. The predicted octanol–water partition coefficient (Wildman–Crippen LogP) is 8.23. The summed E-state index contributed by atoms with van der Waals surface area (Å²) in [6.07, 6.45) is 20.3. The van der Waals surface area contributed by atoms with Gasteiger partial charge in [-0.25, -0.2) is 0 Å². The van der Waals surface area contributed by atoms with Gasteiger partial charge in [-0.15, -0.1) is 0 Å². The Morgan fingerprint density at radius 2 is 1.59 bits per heavy atom. The van der Waals surface area contributed by atoms with Crippen LogP contribution in [0.1, 0.15) is 112 Å². The lowest BCUT2D eigenvalue weighted by atomic mass is 9.65. The summed E-state index contributed by atoms with van der Waals surface area (Å²) in [4.78, 5) is 12.7. The molecule has 0 N–H and O–H groups in total. The molecule has 0 aromatic heterocycles. The minimum Gasteiger partial charge on any atom is -0.298 e. The molecule has 0 radical (unpaired) electrons. The molecule has 0 saturated carbocycles. The van der Waals surface area contributed by atoms with E-state index in [1.54, 1.807) is 0 Å². The summed E-state index contributed by atoms with van der Waals surface area (Å²) in [6.45, 7) is 11.3. The van der Waals surface area contributed by atoms with Crippen LogP contribution < -0.4 is 0 Å². The maximum Gasteiger partial charge on any atom is 0.145 e. The number of Topliss-reactive ketones (excluding diaryl/α,β-unsaturated/α-hetero) is 1. The van der Waals surface area contributed by atoms with Crippen LogP contribution in [0, 0.1) is 17.3 Å². The fraction of sp³-hybridized carbons (Fsp3) is 0.880. The SMILES string of the molecule is CCCCCCCCCCCCSC(C)C(=O)CC1[C@@H](C)C=CCC1(C)C. The monoisotopic (exact) mass is 394 g/mol. The van der Waals surface area contributed by atoms with Crippen LogP contribution in [-0.2, 0) is 4.79 Å². The standard InChI is InChI=1S/C25H46OS/c1-6-7-8-9-10-11-12-13-14-15-19-27-22(3)24(26)20-23-21(2)17-16-18-25(23,4)5/h16-17,21-23H,6-15,18-20H2,1-5H3/t21-,22?,23?/m0/s1. The zero-order valence-electron chi connectivity index (χ0n) is 18.9. The molecule has 27 heavy (non-hydrogen) atoms. The normalized spacial score (nSPS) is 22.7. The van der Waals surface area contributed by atoms with Crippen molar-refractivity contribution >= 4 is 17.5 Å². The van der Waals surface area contributed by atoms with Crippen molar-refractivity contribution in [1.82, 2.24) is 0 Å². The fourth-order valence-corrected chi connectivity index (χ4v) is 5.38. The lowest BCUT2D eigenvalue weighted by Crippen LogP contribution is -2.34. The van der Waals surface area contributed by atoms with E-state index >= 15 is 0 Å². The van der Waals surface area contributed by atoms with Crippen molar-refractivity contribution in [3.63, 3.8) is 0 Å². The van der Waals surface area contributed by atoms with E-state index in [2.05, 4.69) is 46.8 Å². The molecular weight excluding hydrogens is 348 g/mol. The van der Waals surface area contributed by atoms with Crippen molar-refractivity contribution in [2.24, 2.45) is 17.3 Å². The number of carbonyl (C=O) groups is 1. The molecule has 0 bridgehead atoms. The Kier molecular flexibility index (Phi) is 12.7. The molecule has 0 heterocycles. The summed E-state index contributed by atoms with van der Waals surface area (Å²) >= 11 is 1.88. The average Bonchev–Trinajstić information content (AvgIpc) is 2.62. The van der Waals surface area contributed by atoms with E-state index in [0.717, 1.165) is 18.6 Å². The molecule has 1 aliphatic rings. The zero-order valence-corrected chi connectivity index (χ0v) is 19.7. The Morgan fingerprint density at radius 1 is 1.04 bits per heavy atom. The topological polar surface area (TPSA) is 17.1 Å². The number of ketones is 1. The maximum absolute atomic E-state index is 12.7. The smallest absolute Gasteiger partial charge is 0.145 e. The molecule has 0 fully saturated rings. The first kappa shape index (κ1) is 24.8. The molecule has 0 spiro atoms. The zero-order chi connectivity index (χ0) is 20.1. The average molecular weight is 395 g/mol. The highest BCUT2D eigenvalue weighted by Gasteiger charge is 2.36. The summed E-state index contributed by atoms with van der Waals surface area (Å²) in [5, 5.41) is 0.164.